The lowest BCUT2D eigenvalue weighted by atomic mass is 10.1. The van der Waals surface area contributed by atoms with E-state index in [1.165, 1.54) is 0 Å². The Kier molecular flexibility index (Phi) is 11.9. The quantitative estimate of drug-likeness (QED) is 0.542. The standard InChI is InChI=1S/C14H19Cl2N3O3.2ClH/c15-12-5-9(6-13(16)19-12)7-22-14(20)11(17)8-21-10-1-3-18-4-2-10;;/h5-6,10-11,18H,1-4,7-8,17H2;2*1H/t11-;;/m0../s1. The van der Waals surface area contributed by atoms with E-state index in [0.29, 0.717) is 5.56 Å². The van der Waals surface area contributed by atoms with Gasteiger partial charge in [-0.1, -0.05) is 23.2 Å². The Morgan fingerprint density at radius 1 is 1.29 bits per heavy atom. The fraction of sp³-hybridized carbons (Fsp3) is 0.571. The molecule has 0 radical (unpaired) electrons. The number of piperidine rings is 1. The maximum absolute atomic E-state index is 11.8. The minimum Gasteiger partial charge on any atom is -0.460 e. The van der Waals surface area contributed by atoms with E-state index in [9.17, 15) is 4.79 Å². The van der Waals surface area contributed by atoms with Crippen molar-refractivity contribution in [3.8, 4) is 0 Å². The second-order valence-electron chi connectivity index (χ2n) is 5.12. The highest BCUT2D eigenvalue weighted by molar-refractivity contribution is 6.32. The summed E-state index contributed by atoms with van der Waals surface area (Å²) < 4.78 is 10.8. The summed E-state index contributed by atoms with van der Waals surface area (Å²) >= 11 is 11.6. The summed E-state index contributed by atoms with van der Waals surface area (Å²) in [6.45, 7) is 2.05. The molecule has 0 unspecified atom stereocenters. The van der Waals surface area contributed by atoms with E-state index in [1.54, 1.807) is 12.1 Å². The largest absolute Gasteiger partial charge is 0.460 e. The number of carbonyl (C=O) groups is 1. The summed E-state index contributed by atoms with van der Waals surface area (Å²) in [5.74, 6) is -0.516. The van der Waals surface area contributed by atoms with Crippen LogP contribution < -0.4 is 11.1 Å². The SMILES string of the molecule is Cl.Cl.N[C@@H](COC1CCNCC1)C(=O)OCc1cc(Cl)nc(Cl)c1. The highest BCUT2D eigenvalue weighted by Crippen LogP contribution is 2.15. The van der Waals surface area contributed by atoms with E-state index < -0.39 is 12.0 Å². The number of nitrogens with zero attached hydrogens (tertiary/aromatic N) is 1. The molecule has 0 saturated carbocycles. The molecule has 2 heterocycles. The van der Waals surface area contributed by atoms with Crippen LogP contribution in [0.5, 0.6) is 0 Å². The van der Waals surface area contributed by atoms with Crippen LogP contribution in [0, 0.1) is 0 Å². The number of rotatable bonds is 6. The zero-order valence-electron chi connectivity index (χ0n) is 12.9. The first-order valence-corrected chi connectivity index (χ1v) is 7.86. The molecule has 1 fully saturated rings. The predicted octanol–water partition coefficient (Wildman–Crippen LogP) is 2.37. The number of hydrogen-bond acceptors (Lipinski definition) is 6. The van der Waals surface area contributed by atoms with Crippen LogP contribution in [0.25, 0.3) is 0 Å². The Balaban J connectivity index is 0.00000264. The average molecular weight is 421 g/mol. The highest BCUT2D eigenvalue weighted by atomic mass is 35.5. The molecular weight excluding hydrogens is 400 g/mol. The molecule has 0 amide bonds. The molecule has 0 bridgehead atoms. The van der Waals surface area contributed by atoms with Crippen LogP contribution in [0.3, 0.4) is 0 Å². The van der Waals surface area contributed by atoms with Crippen molar-refractivity contribution in [3.05, 3.63) is 28.0 Å². The van der Waals surface area contributed by atoms with Crippen molar-refractivity contribution in [2.24, 2.45) is 5.73 Å². The molecule has 24 heavy (non-hydrogen) atoms. The van der Waals surface area contributed by atoms with Gasteiger partial charge in [-0.25, -0.2) is 4.98 Å². The lowest BCUT2D eigenvalue weighted by molar-refractivity contribution is -0.148. The molecule has 1 aromatic rings. The Hall–Kier alpha value is -0.340. The third-order valence-electron chi connectivity index (χ3n) is 3.30. The molecule has 6 nitrogen and oxygen atoms in total. The Labute approximate surface area is 163 Å². The normalized spacial score (nSPS) is 15.8. The summed E-state index contributed by atoms with van der Waals surface area (Å²) in [5.41, 5.74) is 6.44. The number of ether oxygens (including phenoxy) is 2. The van der Waals surface area contributed by atoms with Crippen LogP contribution in [0.15, 0.2) is 12.1 Å². The molecule has 1 saturated heterocycles. The van der Waals surface area contributed by atoms with Gasteiger partial charge in [0.1, 0.15) is 23.0 Å². The number of carbonyl (C=O) groups excluding carboxylic acids is 1. The predicted molar refractivity (Wildman–Crippen MR) is 98.4 cm³/mol. The molecule has 0 spiro atoms. The van der Waals surface area contributed by atoms with Crippen LogP contribution >= 0.6 is 48.0 Å². The highest BCUT2D eigenvalue weighted by Gasteiger charge is 2.19. The first-order chi connectivity index (χ1) is 10.5. The number of nitrogens with two attached hydrogens (primary N) is 1. The number of aromatic nitrogens is 1. The van der Waals surface area contributed by atoms with Gasteiger partial charge < -0.3 is 20.5 Å². The van der Waals surface area contributed by atoms with Gasteiger partial charge in [0.25, 0.3) is 0 Å². The van der Waals surface area contributed by atoms with E-state index in [4.69, 9.17) is 38.4 Å². The second kappa shape index (κ2) is 12.1. The van der Waals surface area contributed by atoms with E-state index in [0.717, 1.165) is 25.9 Å². The zero-order valence-corrected chi connectivity index (χ0v) is 16.0. The van der Waals surface area contributed by atoms with Gasteiger partial charge >= 0.3 is 5.97 Å². The number of esters is 1. The molecule has 1 aliphatic rings. The molecule has 1 aromatic heterocycles. The molecule has 0 aromatic carbocycles. The van der Waals surface area contributed by atoms with Crippen molar-refractivity contribution in [1.29, 1.82) is 0 Å². The van der Waals surface area contributed by atoms with E-state index in [2.05, 4.69) is 10.3 Å². The molecular formula is C14H21Cl4N3O3. The fourth-order valence-electron chi connectivity index (χ4n) is 2.13. The summed E-state index contributed by atoms with van der Waals surface area (Å²) in [7, 11) is 0. The first kappa shape index (κ1) is 23.7. The summed E-state index contributed by atoms with van der Waals surface area (Å²) in [6, 6.07) is 2.36. The molecule has 10 heteroatoms. The van der Waals surface area contributed by atoms with Crippen molar-refractivity contribution in [2.75, 3.05) is 19.7 Å². The fourth-order valence-corrected chi connectivity index (χ4v) is 2.63. The zero-order chi connectivity index (χ0) is 15.9. The van der Waals surface area contributed by atoms with E-state index in [1.807, 2.05) is 0 Å². The van der Waals surface area contributed by atoms with Gasteiger partial charge in [0, 0.05) is 0 Å². The summed E-state index contributed by atoms with van der Waals surface area (Å²) in [5, 5.41) is 3.74. The van der Waals surface area contributed by atoms with E-state index in [-0.39, 0.29) is 54.4 Å². The van der Waals surface area contributed by atoms with Crippen molar-refractivity contribution in [3.63, 3.8) is 0 Å². The third kappa shape index (κ3) is 8.16. The number of pyridine rings is 1. The maximum Gasteiger partial charge on any atom is 0.325 e. The van der Waals surface area contributed by atoms with Gasteiger partial charge in [0.2, 0.25) is 0 Å². The molecule has 2 rings (SSSR count). The lowest BCUT2D eigenvalue weighted by Crippen LogP contribution is -2.40. The second-order valence-corrected chi connectivity index (χ2v) is 5.89. The summed E-state index contributed by atoms with van der Waals surface area (Å²) in [6.07, 6.45) is 2.00. The molecule has 3 N–H and O–H groups in total. The summed E-state index contributed by atoms with van der Waals surface area (Å²) in [4.78, 5) is 15.7. The maximum atomic E-state index is 11.8. The van der Waals surface area contributed by atoms with Gasteiger partial charge in [-0.05, 0) is 43.6 Å². The third-order valence-corrected chi connectivity index (χ3v) is 3.69. The molecule has 138 valence electrons. The molecule has 1 aliphatic heterocycles. The minimum atomic E-state index is -0.803. The average Bonchev–Trinajstić information content (AvgIpc) is 2.50. The Bertz CT molecular complexity index is 496. The van der Waals surface area contributed by atoms with E-state index >= 15 is 0 Å². The van der Waals surface area contributed by atoms with Crippen LogP contribution in [-0.2, 0) is 20.9 Å². The number of halogens is 4. The monoisotopic (exact) mass is 419 g/mol. The Morgan fingerprint density at radius 3 is 2.46 bits per heavy atom. The van der Waals surface area contributed by atoms with Gasteiger partial charge in [-0.15, -0.1) is 24.8 Å². The van der Waals surface area contributed by atoms with Crippen molar-refractivity contribution >= 4 is 54.0 Å². The van der Waals surface area contributed by atoms with Crippen LogP contribution in [0.4, 0.5) is 0 Å². The van der Waals surface area contributed by atoms with Crippen molar-refractivity contribution in [1.82, 2.24) is 10.3 Å². The van der Waals surface area contributed by atoms with Crippen molar-refractivity contribution in [2.45, 2.75) is 31.6 Å². The lowest BCUT2D eigenvalue weighted by Gasteiger charge is -2.24. The van der Waals surface area contributed by atoms with Gasteiger partial charge in [-0.3, -0.25) is 4.79 Å². The molecule has 0 aliphatic carbocycles. The number of hydrogen-bond donors (Lipinski definition) is 2. The van der Waals surface area contributed by atoms with Crippen molar-refractivity contribution < 1.29 is 14.3 Å². The minimum absolute atomic E-state index is 0. The van der Waals surface area contributed by atoms with Crippen LogP contribution in [0.2, 0.25) is 10.3 Å². The van der Waals surface area contributed by atoms with Gasteiger partial charge in [-0.2, -0.15) is 0 Å². The Morgan fingerprint density at radius 2 is 1.88 bits per heavy atom. The topological polar surface area (TPSA) is 86.5 Å². The van der Waals surface area contributed by atoms with Crippen LogP contribution in [0.1, 0.15) is 18.4 Å². The van der Waals surface area contributed by atoms with Gasteiger partial charge in [0.15, 0.2) is 0 Å². The smallest absolute Gasteiger partial charge is 0.325 e. The number of nitrogens with one attached hydrogen (secondary N) is 1. The molecule has 1 atom stereocenters. The van der Waals surface area contributed by atoms with Gasteiger partial charge in [0.05, 0.1) is 12.7 Å². The van der Waals surface area contributed by atoms with Crippen LogP contribution in [-0.4, -0.2) is 42.8 Å². The first-order valence-electron chi connectivity index (χ1n) is 7.11.